The van der Waals surface area contributed by atoms with Crippen LogP contribution >= 0.6 is 0 Å². The topological polar surface area (TPSA) is 47.3 Å². The van der Waals surface area contributed by atoms with E-state index < -0.39 is 0 Å². The van der Waals surface area contributed by atoms with E-state index in [0.717, 1.165) is 37.2 Å². The highest BCUT2D eigenvalue weighted by atomic mass is 16.3. The number of rotatable bonds is 3. The lowest BCUT2D eigenvalue weighted by Crippen LogP contribution is -2.46. The van der Waals surface area contributed by atoms with Crippen LogP contribution in [0.5, 0.6) is 0 Å². The minimum atomic E-state index is 0.170. The number of hydrogen-bond donors (Lipinski definition) is 1. The highest BCUT2D eigenvalue weighted by Crippen LogP contribution is 2.39. The van der Waals surface area contributed by atoms with Crippen LogP contribution < -0.4 is 4.90 Å². The van der Waals surface area contributed by atoms with Gasteiger partial charge < -0.3 is 10.0 Å². The molecule has 1 aromatic carbocycles. The average Bonchev–Trinajstić information content (AvgIpc) is 2.41. The van der Waals surface area contributed by atoms with Crippen LogP contribution in [0, 0.1) is 22.7 Å². The molecule has 1 aliphatic rings. The first-order valence-corrected chi connectivity index (χ1v) is 6.93. The number of nitrogens with zero attached hydrogens (tertiary/aromatic N) is 2. The van der Waals surface area contributed by atoms with E-state index in [1.54, 1.807) is 0 Å². The molecule has 1 heterocycles. The molecular weight excluding hydrogens is 236 g/mol. The van der Waals surface area contributed by atoms with E-state index in [9.17, 15) is 5.26 Å². The van der Waals surface area contributed by atoms with Crippen molar-refractivity contribution in [1.82, 2.24) is 0 Å². The quantitative estimate of drug-likeness (QED) is 0.907. The molecule has 0 amide bonds. The van der Waals surface area contributed by atoms with Gasteiger partial charge in [0.25, 0.3) is 0 Å². The Morgan fingerprint density at radius 2 is 2.16 bits per heavy atom. The Labute approximate surface area is 115 Å². The normalized spacial score (nSPS) is 22.0. The second-order valence-electron chi connectivity index (χ2n) is 6.04. The Kier molecular flexibility index (Phi) is 4.11. The van der Waals surface area contributed by atoms with Gasteiger partial charge in [0, 0.05) is 19.7 Å². The van der Waals surface area contributed by atoms with Gasteiger partial charge >= 0.3 is 0 Å². The summed E-state index contributed by atoms with van der Waals surface area (Å²) in [6.45, 7) is 6.69. The maximum atomic E-state index is 9.21. The van der Waals surface area contributed by atoms with Gasteiger partial charge in [-0.1, -0.05) is 26.0 Å². The van der Waals surface area contributed by atoms with Crippen molar-refractivity contribution in [3.63, 3.8) is 0 Å². The van der Waals surface area contributed by atoms with Gasteiger partial charge in [-0.2, -0.15) is 5.26 Å². The van der Waals surface area contributed by atoms with E-state index in [-0.39, 0.29) is 12.0 Å². The zero-order valence-electron chi connectivity index (χ0n) is 11.8. The average molecular weight is 258 g/mol. The van der Waals surface area contributed by atoms with Gasteiger partial charge in [0.1, 0.15) is 6.07 Å². The molecule has 0 saturated carbocycles. The van der Waals surface area contributed by atoms with Crippen molar-refractivity contribution >= 4 is 5.69 Å². The Hall–Kier alpha value is -1.53. The number of benzene rings is 1. The summed E-state index contributed by atoms with van der Waals surface area (Å²) >= 11 is 0. The van der Waals surface area contributed by atoms with Crippen LogP contribution in [0.3, 0.4) is 0 Å². The first-order valence-electron chi connectivity index (χ1n) is 6.93. The minimum absolute atomic E-state index is 0.170. The molecule has 1 saturated heterocycles. The molecule has 0 radical (unpaired) electrons. The van der Waals surface area contributed by atoms with Gasteiger partial charge in [0.15, 0.2) is 0 Å². The SMILES string of the molecule is CC1(C)CN(c2ccccc2C#N)CCC1CCO. The highest BCUT2D eigenvalue weighted by molar-refractivity contribution is 5.59. The van der Waals surface area contributed by atoms with Gasteiger partial charge in [-0.05, 0) is 36.3 Å². The summed E-state index contributed by atoms with van der Waals surface area (Å²) in [5, 5.41) is 18.4. The van der Waals surface area contributed by atoms with Crippen molar-refractivity contribution in [2.24, 2.45) is 11.3 Å². The fraction of sp³-hybridized carbons (Fsp3) is 0.562. The van der Waals surface area contributed by atoms with E-state index in [2.05, 4.69) is 24.8 Å². The van der Waals surface area contributed by atoms with Crippen molar-refractivity contribution in [3.05, 3.63) is 29.8 Å². The maximum Gasteiger partial charge on any atom is 0.101 e. The highest BCUT2D eigenvalue weighted by Gasteiger charge is 2.35. The van der Waals surface area contributed by atoms with Crippen LogP contribution in [0.25, 0.3) is 0 Å². The Morgan fingerprint density at radius 1 is 1.42 bits per heavy atom. The van der Waals surface area contributed by atoms with Gasteiger partial charge in [0.2, 0.25) is 0 Å². The molecule has 1 atom stereocenters. The lowest BCUT2D eigenvalue weighted by Gasteiger charge is -2.45. The van der Waals surface area contributed by atoms with E-state index in [1.165, 1.54) is 0 Å². The molecule has 0 aliphatic carbocycles. The fourth-order valence-corrected chi connectivity index (χ4v) is 3.14. The molecule has 2 rings (SSSR count). The smallest absolute Gasteiger partial charge is 0.101 e. The van der Waals surface area contributed by atoms with Crippen LogP contribution in [0.2, 0.25) is 0 Å². The molecular formula is C16H22N2O. The molecule has 3 heteroatoms. The van der Waals surface area contributed by atoms with Gasteiger partial charge in [-0.25, -0.2) is 0 Å². The fourth-order valence-electron chi connectivity index (χ4n) is 3.14. The van der Waals surface area contributed by atoms with Crippen LogP contribution in [-0.2, 0) is 0 Å². The van der Waals surface area contributed by atoms with Crippen molar-refractivity contribution in [1.29, 1.82) is 5.26 Å². The zero-order chi connectivity index (χ0) is 13.9. The van der Waals surface area contributed by atoms with E-state index in [1.807, 2.05) is 24.3 Å². The van der Waals surface area contributed by atoms with Gasteiger partial charge in [0.05, 0.1) is 11.3 Å². The zero-order valence-corrected chi connectivity index (χ0v) is 11.8. The molecule has 19 heavy (non-hydrogen) atoms. The Bertz CT molecular complexity index is 476. The molecule has 1 fully saturated rings. The molecule has 1 N–H and O–H groups in total. The van der Waals surface area contributed by atoms with Gasteiger partial charge in [-0.15, -0.1) is 0 Å². The monoisotopic (exact) mass is 258 g/mol. The number of anilines is 1. The summed E-state index contributed by atoms with van der Waals surface area (Å²) < 4.78 is 0. The standard InChI is InChI=1S/C16H22N2O/c1-16(2)12-18(9-7-14(16)8-10-19)15-6-4-3-5-13(15)11-17/h3-6,14,19H,7-10,12H2,1-2H3. The molecule has 0 spiro atoms. The summed E-state index contributed by atoms with van der Waals surface area (Å²) in [5.74, 6) is 0.558. The third kappa shape index (κ3) is 2.90. The van der Waals surface area contributed by atoms with E-state index in [4.69, 9.17) is 5.11 Å². The summed E-state index contributed by atoms with van der Waals surface area (Å²) in [6.07, 6.45) is 1.95. The lowest BCUT2D eigenvalue weighted by atomic mass is 9.72. The number of hydrogen-bond acceptors (Lipinski definition) is 3. The number of nitriles is 1. The number of piperidine rings is 1. The van der Waals surface area contributed by atoms with E-state index in [0.29, 0.717) is 5.92 Å². The van der Waals surface area contributed by atoms with Crippen molar-refractivity contribution in [2.45, 2.75) is 26.7 Å². The van der Waals surface area contributed by atoms with Crippen LogP contribution in [0.1, 0.15) is 32.3 Å². The van der Waals surface area contributed by atoms with Crippen molar-refractivity contribution < 1.29 is 5.11 Å². The first-order chi connectivity index (χ1) is 9.08. The number of para-hydroxylation sites is 1. The second kappa shape index (κ2) is 5.63. The summed E-state index contributed by atoms with van der Waals surface area (Å²) in [7, 11) is 0. The molecule has 0 aromatic heterocycles. The molecule has 1 aliphatic heterocycles. The largest absolute Gasteiger partial charge is 0.396 e. The maximum absolute atomic E-state index is 9.21. The molecule has 3 nitrogen and oxygen atoms in total. The van der Waals surface area contributed by atoms with Gasteiger partial charge in [-0.3, -0.25) is 0 Å². The van der Waals surface area contributed by atoms with Crippen LogP contribution in [-0.4, -0.2) is 24.8 Å². The second-order valence-corrected chi connectivity index (χ2v) is 6.04. The van der Waals surface area contributed by atoms with Crippen LogP contribution in [0.4, 0.5) is 5.69 Å². The predicted molar refractivity (Wildman–Crippen MR) is 77.0 cm³/mol. The first kappa shape index (κ1) is 13.9. The minimum Gasteiger partial charge on any atom is -0.396 e. The Balaban J connectivity index is 2.19. The molecule has 0 bridgehead atoms. The lowest BCUT2D eigenvalue weighted by molar-refractivity contribution is 0.134. The number of aliphatic hydroxyl groups is 1. The Morgan fingerprint density at radius 3 is 2.79 bits per heavy atom. The third-order valence-corrected chi connectivity index (χ3v) is 4.29. The van der Waals surface area contributed by atoms with Crippen molar-refractivity contribution in [2.75, 3.05) is 24.6 Å². The van der Waals surface area contributed by atoms with E-state index >= 15 is 0 Å². The number of aliphatic hydroxyl groups excluding tert-OH is 1. The van der Waals surface area contributed by atoms with Crippen molar-refractivity contribution in [3.8, 4) is 6.07 Å². The summed E-state index contributed by atoms with van der Waals surface area (Å²) in [6, 6.07) is 10.1. The molecule has 102 valence electrons. The third-order valence-electron chi connectivity index (χ3n) is 4.29. The molecule has 1 aromatic rings. The molecule has 1 unspecified atom stereocenters. The summed E-state index contributed by atoms with van der Waals surface area (Å²) in [4.78, 5) is 2.31. The summed E-state index contributed by atoms with van der Waals surface area (Å²) in [5.41, 5.74) is 1.96. The van der Waals surface area contributed by atoms with Crippen LogP contribution in [0.15, 0.2) is 24.3 Å². The predicted octanol–water partition coefficient (Wildman–Crippen LogP) is 2.79.